The molecule has 0 radical (unpaired) electrons. The molecule has 12 rings (SSSR count). The number of rotatable bonds is 35. The van der Waals surface area contributed by atoms with E-state index in [1.54, 1.807) is 81.4 Å². The number of nitrogen functional groups attached to an aromatic ring is 2. The fourth-order valence-corrected chi connectivity index (χ4v) is 16.2. The minimum atomic E-state index is -0.572. The maximum atomic E-state index is 12.4. The average molecular weight is 1740 g/mol. The van der Waals surface area contributed by atoms with Crippen LogP contribution in [0.4, 0.5) is 66.5 Å². The number of benzene rings is 6. The molecule has 126 heavy (non-hydrogen) atoms. The van der Waals surface area contributed by atoms with Crippen molar-refractivity contribution in [2.45, 2.75) is 283 Å². The molecule has 690 valence electrons. The lowest BCUT2D eigenvalue weighted by molar-refractivity contribution is -0.114. The maximum Gasteiger partial charge on any atom is 0.412 e. The Kier molecular flexibility index (Phi) is 46.1. The Bertz CT molecular complexity index is 4270. The third kappa shape index (κ3) is 37.4. The Hall–Kier alpha value is -10.8. The molecule has 1 saturated heterocycles. The van der Waals surface area contributed by atoms with Crippen molar-refractivity contribution in [1.82, 2.24) is 4.90 Å². The van der Waals surface area contributed by atoms with Crippen molar-refractivity contribution >= 4 is 105 Å². The summed E-state index contributed by atoms with van der Waals surface area (Å²) in [4.78, 5) is 97.8. The minimum absolute atomic E-state index is 0.160. The summed E-state index contributed by atoms with van der Waals surface area (Å²) in [5.41, 5.74) is 22.6. The second-order valence-corrected chi connectivity index (χ2v) is 33.1. The zero-order valence-electron chi connectivity index (χ0n) is 75.7. The van der Waals surface area contributed by atoms with Crippen LogP contribution in [0.3, 0.4) is 0 Å². The van der Waals surface area contributed by atoms with Crippen molar-refractivity contribution in [3.8, 4) is 0 Å². The summed E-state index contributed by atoms with van der Waals surface area (Å²) in [6.45, 7) is 15.0. The maximum absolute atomic E-state index is 12.4. The highest BCUT2D eigenvalue weighted by Crippen LogP contribution is 2.34. The van der Waals surface area contributed by atoms with Gasteiger partial charge in [-0.25, -0.2) is 33.6 Å². The molecule has 5 aliphatic carbocycles. The van der Waals surface area contributed by atoms with Crippen LogP contribution >= 0.6 is 0 Å². The smallest absolute Gasteiger partial charge is 0.412 e. The number of ether oxygens (including phenoxy) is 8. The number of unbranched alkanes of at least 4 members (excludes halogenated alkanes) is 7. The Morgan fingerprint density at radius 3 is 1.04 bits per heavy atom. The van der Waals surface area contributed by atoms with E-state index in [1.807, 2.05) is 60.7 Å². The van der Waals surface area contributed by atoms with Gasteiger partial charge in [-0.15, -0.1) is 0 Å². The number of amides is 3. The fourth-order valence-electron chi connectivity index (χ4n) is 16.2. The number of nitrogens with two attached hydrogens (primary N) is 2. The standard InChI is InChI=1S/C23H28N2O4.C23H38N2O2.C19H29N3O3.C17H24N2O4.C17H24N2O3/c1-2-28-22(26)18-13-14-20(24-19-11-7-4-8-12-19)21(15-18)25-23(27)29-16-17-9-5-3-6-10-17;1-2-3-4-5-6-7-8-12-17-27-23(26)19-15-16-22(21(24)18-19)25-20-13-10-9-11-14-20;20-17-14-15(6-7-18(17)21-16-4-2-1-3-5-16)19(23)25-13-10-22-8-11-24-12-9-22;1-3-23-16(20)12-9-10-14(15(11-12)19-17(21)22-2)18-13-7-5-4-6-8-13;1-3-22-17(21)13-9-10-15(16(11-13)18-12(2)20)19-14-7-5-4-6-8-14/h3,5-6,9-10,13-15,19,24H,2,4,7-8,11-12,16H2,1H3,(H,25,27);15-16,18,20,25H,2-14,17,24H2,1H3;6-7,14,16,21H,1-5,8-13,20H2;9-11,13,18H,3-8H2,1-2H3,(H,19,21);9-11,14,19H,3-8H2,1-2H3,(H,18,20). The van der Waals surface area contributed by atoms with Crippen molar-refractivity contribution in [3.63, 3.8) is 0 Å². The van der Waals surface area contributed by atoms with E-state index in [0.29, 0.717) is 119 Å². The number of esters is 5. The monoisotopic (exact) mass is 1740 g/mol. The fraction of sp³-hybridized carbons (Fsp3) is 0.556. The molecule has 0 atom stereocenters. The first-order valence-corrected chi connectivity index (χ1v) is 46.6. The van der Waals surface area contributed by atoms with Gasteiger partial charge in [-0.3, -0.25) is 20.3 Å². The lowest BCUT2D eigenvalue weighted by atomic mass is 9.95. The van der Waals surface area contributed by atoms with Gasteiger partial charge >= 0.3 is 42.0 Å². The minimum Gasteiger partial charge on any atom is -0.462 e. The topological polar surface area (TPSA) is 362 Å². The van der Waals surface area contributed by atoms with Crippen LogP contribution in [0.1, 0.15) is 304 Å². The summed E-state index contributed by atoms with van der Waals surface area (Å²) in [7, 11) is 1.30. The first kappa shape index (κ1) is 101. The molecule has 0 spiro atoms. The zero-order chi connectivity index (χ0) is 89.9. The highest BCUT2D eigenvalue weighted by atomic mass is 16.6. The number of carbonyl (C=O) groups excluding carboxylic acids is 8. The highest BCUT2D eigenvalue weighted by Gasteiger charge is 2.25. The molecule has 3 amide bonds. The molecule has 1 aliphatic heterocycles. The van der Waals surface area contributed by atoms with Crippen molar-refractivity contribution in [2.75, 3.05) is 127 Å². The van der Waals surface area contributed by atoms with Crippen molar-refractivity contribution < 1.29 is 76.3 Å². The van der Waals surface area contributed by atoms with Gasteiger partial charge in [-0.1, -0.05) is 179 Å². The van der Waals surface area contributed by atoms with Crippen LogP contribution in [0.25, 0.3) is 0 Å². The largest absolute Gasteiger partial charge is 0.462 e. The number of anilines is 10. The zero-order valence-corrected chi connectivity index (χ0v) is 75.7. The van der Waals surface area contributed by atoms with Crippen molar-refractivity contribution in [1.29, 1.82) is 0 Å². The van der Waals surface area contributed by atoms with Gasteiger partial charge in [-0.05, 0) is 188 Å². The predicted molar refractivity (Wildman–Crippen MR) is 502 cm³/mol. The molecular weight excluding hydrogens is 1600 g/mol. The summed E-state index contributed by atoms with van der Waals surface area (Å²) >= 11 is 0. The molecule has 1 heterocycles. The molecule has 6 aromatic rings. The highest BCUT2D eigenvalue weighted by molar-refractivity contribution is 5.99. The van der Waals surface area contributed by atoms with E-state index in [2.05, 4.69) is 59.1 Å². The molecular formula is C99H143N11O16. The van der Waals surface area contributed by atoms with Gasteiger partial charge in [0.05, 0.1) is 131 Å². The van der Waals surface area contributed by atoms with E-state index in [0.717, 1.165) is 118 Å². The van der Waals surface area contributed by atoms with Crippen LogP contribution in [0, 0.1) is 0 Å². The van der Waals surface area contributed by atoms with E-state index < -0.39 is 24.1 Å². The summed E-state index contributed by atoms with van der Waals surface area (Å²) in [6.07, 6.45) is 39.0. The van der Waals surface area contributed by atoms with E-state index in [1.165, 1.54) is 175 Å². The molecule has 6 aromatic carbocycles. The molecule has 5 saturated carbocycles. The SMILES string of the molecule is CCCCCCCCCCOC(=O)c1ccc(NC2CCCCC2)c(N)c1.CCOC(=O)c1ccc(NC2CCCCC2)c(NC(=O)OC)c1.CCOC(=O)c1ccc(NC2CCCCC2)c(NC(=O)OCc2ccccc2)c1.CCOC(=O)c1ccc(NC2CCCCC2)c(NC(C)=O)c1.Nc1cc(C(=O)OCCN2CCOCC2)ccc1NC1CCCCC1. The van der Waals surface area contributed by atoms with Gasteiger partial charge in [0.15, 0.2) is 0 Å². The third-order valence-electron chi connectivity index (χ3n) is 23.1. The molecule has 27 nitrogen and oxygen atoms in total. The summed E-state index contributed by atoms with van der Waals surface area (Å²) in [6, 6.07) is 38.0. The van der Waals surface area contributed by atoms with Crippen LogP contribution < -0.4 is 54.0 Å². The van der Waals surface area contributed by atoms with Crippen LogP contribution in [0.2, 0.25) is 0 Å². The Balaban J connectivity index is 0.000000196. The normalized spacial score (nSPS) is 15.7. The lowest BCUT2D eigenvalue weighted by Crippen LogP contribution is -2.38. The summed E-state index contributed by atoms with van der Waals surface area (Å²) in [5.74, 6) is -1.95. The molecule has 27 heteroatoms. The van der Waals surface area contributed by atoms with Crippen LogP contribution in [-0.2, 0) is 49.3 Å². The first-order valence-electron chi connectivity index (χ1n) is 46.6. The first-order chi connectivity index (χ1) is 61.3. The molecule has 0 unspecified atom stereocenters. The van der Waals surface area contributed by atoms with Gasteiger partial charge in [0.25, 0.3) is 0 Å². The van der Waals surface area contributed by atoms with E-state index in [4.69, 9.17) is 44.6 Å². The number of nitrogens with one attached hydrogen (secondary N) is 8. The Labute approximate surface area is 747 Å². The van der Waals surface area contributed by atoms with Gasteiger partial charge in [0.1, 0.15) is 13.2 Å². The lowest BCUT2D eigenvalue weighted by Gasteiger charge is -2.26. The average Bonchev–Trinajstić information content (AvgIpc) is 0.843. The Morgan fingerprint density at radius 1 is 0.357 bits per heavy atom. The van der Waals surface area contributed by atoms with Gasteiger partial charge in [0, 0.05) is 56.8 Å². The van der Waals surface area contributed by atoms with Crippen LogP contribution in [-0.4, -0.2) is 156 Å². The van der Waals surface area contributed by atoms with E-state index in [9.17, 15) is 38.4 Å². The number of hydrogen-bond acceptors (Lipinski definition) is 24. The predicted octanol–water partition coefficient (Wildman–Crippen LogP) is 21.5. The molecule has 0 aromatic heterocycles. The third-order valence-corrected chi connectivity index (χ3v) is 23.1. The Morgan fingerprint density at radius 2 is 0.683 bits per heavy atom. The second kappa shape index (κ2) is 57.7. The van der Waals surface area contributed by atoms with Crippen molar-refractivity contribution in [3.05, 3.63) is 155 Å². The molecule has 6 fully saturated rings. The van der Waals surface area contributed by atoms with E-state index >= 15 is 0 Å². The number of hydrogen-bond donors (Lipinski definition) is 10. The van der Waals surface area contributed by atoms with Crippen molar-refractivity contribution in [2.24, 2.45) is 0 Å². The molecule has 6 aliphatic rings. The number of carbonyl (C=O) groups is 8. The van der Waals surface area contributed by atoms with E-state index in [-0.39, 0.29) is 30.4 Å². The number of methoxy groups -OCH3 is 1. The molecule has 0 bridgehead atoms. The molecule has 12 N–H and O–H groups in total. The van der Waals surface area contributed by atoms with Gasteiger partial charge in [0.2, 0.25) is 5.91 Å². The number of morpholine rings is 1. The van der Waals surface area contributed by atoms with Crippen LogP contribution in [0.5, 0.6) is 0 Å². The van der Waals surface area contributed by atoms with Gasteiger partial charge in [-0.2, -0.15) is 0 Å². The second-order valence-electron chi connectivity index (χ2n) is 33.1. The summed E-state index contributed by atoms with van der Waals surface area (Å²) in [5, 5.41) is 25.7. The number of nitrogens with zero attached hydrogens (tertiary/aromatic N) is 1. The summed E-state index contributed by atoms with van der Waals surface area (Å²) < 4.78 is 41.2. The van der Waals surface area contributed by atoms with Crippen LogP contribution in [0.15, 0.2) is 121 Å². The van der Waals surface area contributed by atoms with Gasteiger partial charge < -0.3 is 81.3 Å². The quantitative estimate of drug-likeness (QED) is 0.00764.